The van der Waals surface area contributed by atoms with Crippen LogP contribution in [0.5, 0.6) is 11.5 Å². The summed E-state index contributed by atoms with van der Waals surface area (Å²) in [6, 6.07) is 5.70. The fraction of sp³-hybridized carbons (Fsp3) is 0.333. The highest BCUT2D eigenvalue weighted by Crippen LogP contribution is 2.13. The number of benzene rings is 1. The topological polar surface area (TPSA) is 40.5 Å². The van der Waals surface area contributed by atoms with E-state index in [1.807, 2.05) is 0 Å². The lowest BCUT2D eigenvalue weighted by Gasteiger charge is -1.88. The van der Waals surface area contributed by atoms with Crippen LogP contribution in [0.1, 0.15) is 13.3 Å². The first-order chi connectivity index (χ1) is 5.70. The van der Waals surface area contributed by atoms with E-state index >= 15 is 0 Å². The largest absolute Gasteiger partial charge is 0.508 e. The summed E-state index contributed by atoms with van der Waals surface area (Å²) in [7, 11) is 0. The molecule has 0 atom stereocenters. The molecule has 12 heavy (non-hydrogen) atoms. The van der Waals surface area contributed by atoms with E-state index in [1.165, 1.54) is 30.7 Å². The van der Waals surface area contributed by atoms with Crippen molar-refractivity contribution in [3.05, 3.63) is 24.3 Å². The van der Waals surface area contributed by atoms with Crippen molar-refractivity contribution in [3.8, 4) is 11.5 Å². The molecule has 2 N–H and O–H groups in total. The zero-order valence-corrected chi connectivity index (χ0v) is 7.96. The minimum Gasteiger partial charge on any atom is -0.508 e. The summed E-state index contributed by atoms with van der Waals surface area (Å²) in [5, 5.41) is 17.3. The molecule has 0 radical (unpaired) electrons. The van der Waals surface area contributed by atoms with Gasteiger partial charge in [-0.25, -0.2) is 0 Å². The van der Waals surface area contributed by atoms with E-state index in [2.05, 4.69) is 19.6 Å². The lowest BCUT2D eigenvalue weighted by atomic mass is 10.3. The molecule has 0 aromatic heterocycles. The number of phenols is 2. The van der Waals surface area contributed by atoms with Crippen molar-refractivity contribution in [2.45, 2.75) is 13.3 Å². The van der Waals surface area contributed by atoms with Gasteiger partial charge >= 0.3 is 0 Å². The van der Waals surface area contributed by atoms with Crippen LogP contribution in [0.2, 0.25) is 0 Å². The fourth-order valence-corrected chi connectivity index (χ4v) is 0.453. The molecule has 0 aliphatic rings. The highest BCUT2D eigenvalue weighted by molar-refractivity contribution is 7.80. The number of rotatable bonds is 1. The Morgan fingerprint density at radius 2 is 1.33 bits per heavy atom. The van der Waals surface area contributed by atoms with Gasteiger partial charge in [-0.1, -0.05) is 6.92 Å². The molecule has 0 aliphatic heterocycles. The van der Waals surface area contributed by atoms with E-state index in [0.29, 0.717) is 0 Å². The predicted octanol–water partition coefficient (Wildman–Crippen LogP) is 2.42. The molecule has 3 heteroatoms. The van der Waals surface area contributed by atoms with Gasteiger partial charge in [0, 0.05) is 0 Å². The van der Waals surface area contributed by atoms with Crippen molar-refractivity contribution >= 4 is 12.6 Å². The highest BCUT2D eigenvalue weighted by Gasteiger charge is 1.84. The standard InChI is InChI=1S/C6H6O2.C3H8S/c7-5-1-2-6(8)4-3-5;1-2-3-4/h1-4,7-8H;4H,2-3H2,1H3. The molecule has 2 nitrogen and oxygen atoms in total. The summed E-state index contributed by atoms with van der Waals surface area (Å²) >= 11 is 3.92. The van der Waals surface area contributed by atoms with Crippen molar-refractivity contribution in [3.63, 3.8) is 0 Å². The zero-order valence-electron chi connectivity index (χ0n) is 7.07. The van der Waals surface area contributed by atoms with E-state index < -0.39 is 0 Å². The third kappa shape index (κ3) is 5.92. The summed E-state index contributed by atoms with van der Waals surface area (Å²) in [6.45, 7) is 2.10. The summed E-state index contributed by atoms with van der Waals surface area (Å²) < 4.78 is 0. The van der Waals surface area contributed by atoms with E-state index in [1.54, 1.807) is 0 Å². The van der Waals surface area contributed by atoms with Crippen LogP contribution in [-0.2, 0) is 0 Å². The van der Waals surface area contributed by atoms with Crippen LogP contribution < -0.4 is 0 Å². The van der Waals surface area contributed by atoms with Crippen LogP contribution in [0, 0.1) is 0 Å². The SMILES string of the molecule is CCCS.Oc1ccc(O)cc1. The van der Waals surface area contributed by atoms with Crippen molar-refractivity contribution < 1.29 is 10.2 Å². The van der Waals surface area contributed by atoms with E-state index in [9.17, 15) is 0 Å². The smallest absolute Gasteiger partial charge is 0.115 e. The van der Waals surface area contributed by atoms with Crippen molar-refractivity contribution in [1.29, 1.82) is 0 Å². The third-order valence-corrected chi connectivity index (χ3v) is 1.52. The van der Waals surface area contributed by atoms with Crippen LogP contribution in [0.25, 0.3) is 0 Å². The first-order valence-corrected chi connectivity index (χ1v) is 4.42. The van der Waals surface area contributed by atoms with Gasteiger partial charge in [-0.3, -0.25) is 0 Å². The molecular formula is C9H14O2S. The maximum atomic E-state index is 8.65. The van der Waals surface area contributed by atoms with Crippen molar-refractivity contribution in [1.82, 2.24) is 0 Å². The molecule has 68 valence electrons. The normalized spacial score (nSPS) is 8.50. The summed E-state index contributed by atoms with van der Waals surface area (Å²) in [5.74, 6) is 1.35. The maximum Gasteiger partial charge on any atom is 0.115 e. The molecule has 1 rings (SSSR count). The second kappa shape index (κ2) is 6.85. The highest BCUT2D eigenvalue weighted by atomic mass is 32.1. The molecule has 0 amide bonds. The van der Waals surface area contributed by atoms with Crippen molar-refractivity contribution in [2.24, 2.45) is 0 Å². The second-order valence-corrected chi connectivity index (χ2v) is 2.69. The van der Waals surface area contributed by atoms with Gasteiger partial charge in [0.2, 0.25) is 0 Å². The van der Waals surface area contributed by atoms with Gasteiger partial charge in [-0.05, 0) is 36.4 Å². The van der Waals surface area contributed by atoms with Gasteiger partial charge in [-0.15, -0.1) is 0 Å². The Balaban J connectivity index is 0.000000261. The summed E-state index contributed by atoms with van der Waals surface area (Å²) in [4.78, 5) is 0. The van der Waals surface area contributed by atoms with Gasteiger partial charge in [0.1, 0.15) is 11.5 Å². The van der Waals surface area contributed by atoms with Gasteiger partial charge in [0.15, 0.2) is 0 Å². The zero-order chi connectivity index (χ0) is 9.40. The molecule has 0 saturated carbocycles. The Morgan fingerprint density at radius 1 is 1.08 bits per heavy atom. The third-order valence-electron chi connectivity index (χ3n) is 1.07. The van der Waals surface area contributed by atoms with Crippen LogP contribution in [0.3, 0.4) is 0 Å². The quantitative estimate of drug-likeness (QED) is 0.465. The minimum atomic E-state index is 0.169. The Hall–Kier alpha value is -0.830. The molecule has 0 fully saturated rings. The number of thiol groups is 1. The summed E-state index contributed by atoms with van der Waals surface area (Å²) in [6.07, 6.45) is 1.18. The fourth-order valence-electron chi connectivity index (χ4n) is 0.453. The van der Waals surface area contributed by atoms with E-state index in [0.717, 1.165) is 5.75 Å². The molecule has 1 aromatic carbocycles. The average Bonchev–Trinajstić information content (AvgIpc) is 2.11. The van der Waals surface area contributed by atoms with Crippen LogP contribution >= 0.6 is 12.6 Å². The first-order valence-electron chi connectivity index (χ1n) is 3.79. The predicted molar refractivity (Wildman–Crippen MR) is 53.9 cm³/mol. The van der Waals surface area contributed by atoms with Crippen LogP contribution in [0.15, 0.2) is 24.3 Å². The lowest BCUT2D eigenvalue weighted by Crippen LogP contribution is -1.61. The van der Waals surface area contributed by atoms with E-state index in [-0.39, 0.29) is 11.5 Å². The average molecular weight is 186 g/mol. The van der Waals surface area contributed by atoms with E-state index in [4.69, 9.17) is 10.2 Å². The molecule has 0 aliphatic carbocycles. The van der Waals surface area contributed by atoms with Gasteiger partial charge in [-0.2, -0.15) is 12.6 Å². The first kappa shape index (κ1) is 11.2. The minimum absolute atomic E-state index is 0.169. The van der Waals surface area contributed by atoms with Gasteiger partial charge in [0.25, 0.3) is 0 Å². The molecule has 0 heterocycles. The molecule has 1 aromatic rings. The van der Waals surface area contributed by atoms with Crippen LogP contribution in [-0.4, -0.2) is 16.0 Å². The lowest BCUT2D eigenvalue weighted by molar-refractivity contribution is 0.460. The number of hydrogen-bond acceptors (Lipinski definition) is 3. The van der Waals surface area contributed by atoms with Crippen LogP contribution in [0.4, 0.5) is 0 Å². The second-order valence-electron chi connectivity index (χ2n) is 2.24. The summed E-state index contributed by atoms with van der Waals surface area (Å²) in [5.41, 5.74) is 0. The Labute approximate surface area is 78.3 Å². The monoisotopic (exact) mass is 186 g/mol. The van der Waals surface area contributed by atoms with Gasteiger partial charge in [0.05, 0.1) is 0 Å². The maximum absolute atomic E-state index is 8.65. The molecule has 0 bridgehead atoms. The Morgan fingerprint density at radius 3 is 1.50 bits per heavy atom. The Bertz CT molecular complexity index is 173. The van der Waals surface area contributed by atoms with Crippen molar-refractivity contribution in [2.75, 3.05) is 5.75 Å². The number of aromatic hydroxyl groups is 2. The molecule has 0 saturated heterocycles. The Kier molecular flexibility index (Phi) is 6.38. The molecule has 0 unspecified atom stereocenters. The number of phenolic OH excluding ortho intramolecular Hbond substituents is 2. The van der Waals surface area contributed by atoms with Gasteiger partial charge < -0.3 is 10.2 Å². The number of hydrogen-bond donors (Lipinski definition) is 3. The molecular weight excluding hydrogens is 172 g/mol. The molecule has 0 spiro atoms.